The van der Waals surface area contributed by atoms with E-state index < -0.39 is 0 Å². The summed E-state index contributed by atoms with van der Waals surface area (Å²) < 4.78 is 0. The zero-order valence-corrected chi connectivity index (χ0v) is 13.2. The van der Waals surface area contributed by atoms with Gasteiger partial charge in [-0.15, -0.1) is 11.3 Å². The number of benzene rings is 1. The molecule has 5 nitrogen and oxygen atoms in total. The van der Waals surface area contributed by atoms with Crippen LogP contribution in [-0.2, 0) is 12.8 Å². The van der Waals surface area contributed by atoms with Gasteiger partial charge in [0.05, 0.1) is 17.1 Å². The third-order valence-electron chi connectivity index (χ3n) is 4.30. The lowest BCUT2D eigenvalue weighted by Gasteiger charge is -2.12. The van der Waals surface area contributed by atoms with Crippen molar-refractivity contribution in [3.8, 4) is 0 Å². The van der Waals surface area contributed by atoms with E-state index in [4.69, 9.17) is 0 Å². The summed E-state index contributed by atoms with van der Waals surface area (Å²) in [7, 11) is 0. The summed E-state index contributed by atoms with van der Waals surface area (Å²) in [6, 6.07) is 6.15. The number of aromatic amines is 1. The number of hydrogen-bond acceptors (Lipinski definition) is 5. The van der Waals surface area contributed by atoms with Crippen molar-refractivity contribution in [1.82, 2.24) is 20.2 Å². The quantitative estimate of drug-likeness (QED) is 0.586. The highest BCUT2D eigenvalue weighted by molar-refractivity contribution is 7.19. The van der Waals surface area contributed by atoms with Gasteiger partial charge in [0.2, 0.25) is 0 Å². The van der Waals surface area contributed by atoms with Crippen LogP contribution in [0.25, 0.3) is 21.1 Å². The normalized spacial score (nSPS) is 14.3. The summed E-state index contributed by atoms with van der Waals surface area (Å²) in [4.78, 5) is 11.5. The van der Waals surface area contributed by atoms with E-state index in [1.807, 2.05) is 18.3 Å². The predicted molar refractivity (Wildman–Crippen MR) is 93.1 cm³/mol. The lowest BCUT2D eigenvalue weighted by molar-refractivity contribution is 0.851. The minimum absolute atomic E-state index is 0.900. The van der Waals surface area contributed by atoms with Crippen LogP contribution >= 0.6 is 11.3 Å². The van der Waals surface area contributed by atoms with Crippen LogP contribution < -0.4 is 5.32 Å². The van der Waals surface area contributed by atoms with Crippen molar-refractivity contribution in [3.63, 3.8) is 0 Å². The monoisotopic (exact) mass is 320 g/mol. The highest BCUT2D eigenvalue weighted by Gasteiger charge is 2.20. The van der Waals surface area contributed by atoms with E-state index in [0.29, 0.717) is 0 Å². The van der Waals surface area contributed by atoms with Crippen LogP contribution in [0.1, 0.15) is 16.9 Å². The van der Waals surface area contributed by atoms with E-state index >= 15 is 0 Å². The number of fused-ring (bicyclic) bond motifs is 4. The molecule has 0 atom stereocenters. The molecule has 0 saturated carbocycles. The maximum absolute atomic E-state index is 4.50. The molecule has 23 heavy (non-hydrogen) atoms. The average molecular weight is 320 g/mol. The second-order valence-corrected chi connectivity index (χ2v) is 6.82. The minimum Gasteiger partial charge on any atom is -0.340 e. The van der Waals surface area contributed by atoms with Crippen molar-refractivity contribution in [1.29, 1.82) is 0 Å². The molecule has 1 aliphatic carbocycles. The van der Waals surface area contributed by atoms with Crippen LogP contribution in [0.2, 0.25) is 0 Å². The maximum atomic E-state index is 4.50. The Bertz CT molecular complexity index is 1020. The van der Waals surface area contributed by atoms with Gasteiger partial charge in [-0.3, -0.25) is 5.10 Å². The van der Waals surface area contributed by atoms with Crippen molar-refractivity contribution >= 4 is 44.0 Å². The molecule has 0 unspecified atom stereocenters. The fraction of sp³-hybridized carbons (Fsp3) is 0.176. The Morgan fingerprint density at radius 3 is 3.22 bits per heavy atom. The van der Waals surface area contributed by atoms with E-state index in [9.17, 15) is 0 Å². The van der Waals surface area contributed by atoms with Crippen molar-refractivity contribution in [3.05, 3.63) is 47.6 Å². The van der Waals surface area contributed by atoms with Gasteiger partial charge in [0.25, 0.3) is 0 Å². The van der Waals surface area contributed by atoms with Crippen molar-refractivity contribution in [2.75, 3.05) is 5.32 Å². The molecule has 4 aromatic rings. The molecular weight excluding hydrogens is 306 g/mol. The second-order valence-electron chi connectivity index (χ2n) is 5.73. The lowest BCUT2D eigenvalue weighted by atomic mass is 9.97. The van der Waals surface area contributed by atoms with E-state index in [0.717, 1.165) is 46.5 Å². The molecule has 5 rings (SSSR count). The van der Waals surface area contributed by atoms with Crippen LogP contribution in [-0.4, -0.2) is 20.2 Å². The largest absolute Gasteiger partial charge is 0.340 e. The van der Waals surface area contributed by atoms with Gasteiger partial charge in [-0.1, -0.05) is 0 Å². The molecule has 3 aromatic heterocycles. The number of nitrogens with zero attached hydrogens (tertiary/aromatic N) is 3. The van der Waals surface area contributed by atoms with Crippen LogP contribution in [0.15, 0.2) is 30.7 Å². The van der Waals surface area contributed by atoms with Crippen LogP contribution in [0.4, 0.5) is 11.5 Å². The van der Waals surface area contributed by atoms with Gasteiger partial charge >= 0.3 is 0 Å². The summed E-state index contributed by atoms with van der Waals surface area (Å²) in [6.45, 7) is 0. The van der Waals surface area contributed by atoms with Gasteiger partial charge in [0, 0.05) is 16.0 Å². The molecule has 2 N–H and O–H groups in total. The first-order valence-corrected chi connectivity index (χ1v) is 8.47. The molecular formula is C17H14N5S. The molecule has 0 saturated heterocycles. The zero-order chi connectivity index (χ0) is 15.2. The molecule has 1 aromatic carbocycles. The third kappa shape index (κ3) is 2.09. The topological polar surface area (TPSA) is 66.5 Å². The smallest absolute Gasteiger partial charge is 0.142 e. The van der Waals surface area contributed by atoms with Crippen molar-refractivity contribution < 1.29 is 0 Å². The number of anilines is 2. The molecule has 0 aliphatic heterocycles. The first kappa shape index (κ1) is 13.0. The van der Waals surface area contributed by atoms with Gasteiger partial charge < -0.3 is 5.32 Å². The number of thiophene rings is 1. The fourth-order valence-electron chi connectivity index (χ4n) is 3.20. The molecule has 113 valence electrons. The van der Waals surface area contributed by atoms with E-state index in [2.05, 4.69) is 38.0 Å². The van der Waals surface area contributed by atoms with Gasteiger partial charge in [-0.05, 0) is 49.4 Å². The summed E-state index contributed by atoms with van der Waals surface area (Å²) in [5, 5.41) is 12.8. The molecule has 0 fully saturated rings. The van der Waals surface area contributed by atoms with Gasteiger partial charge in [-0.2, -0.15) is 5.10 Å². The number of H-pyrrole nitrogens is 1. The number of aromatic nitrogens is 4. The Morgan fingerprint density at radius 2 is 2.22 bits per heavy atom. The van der Waals surface area contributed by atoms with Gasteiger partial charge in [0.1, 0.15) is 17.0 Å². The summed E-state index contributed by atoms with van der Waals surface area (Å²) in [5.41, 5.74) is 3.47. The summed E-state index contributed by atoms with van der Waals surface area (Å²) in [5.74, 6) is 0.900. The third-order valence-corrected chi connectivity index (χ3v) is 5.46. The molecule has 0 amide bonds. The number of nitrogens with one attached hydrogen (secondary N) is 2. The Kier molecular flexibility index (Phi) is 2.84. The molecule has 0 bridgehead atoms. The molecule has 6 heteroatoms. The van der Waals surface area contributed by atoms with E-state index in [1.165, 1.54) is 15.8 Å². The van der Waals surface area contributed by atoms with E-state index in [1.54, 1.807) is 17.7 Å². The van der Waals surface area contributed by atoms with Crippen molar-refractivity contribution in [2.24, 2.45) is 0 Å². The fourth-order valence-corrected chi connectivity index (χ4v) is 4.38. The lowest BCUT2D eigenvalue weighted by Crippen LogP contribution is -2.01. The first-order chi connectivity index (χ1) is 11.4. The standard InChI is InChI=1S/C17H14N5S/c1-2-4-14-12(3-1)15-16(18-9-19-17(15)23-14)21-11-5-6-13-10(7-11)8-20-22-13/h2,5-9H,1,3-4H2,(H,20,22)(H,18,19,21). The zero-order valence-electron chi connectivity index (χ0n) is 12.3. The highest BCUT2D eigenvalue weighted by Crippen LogP contribution is 2.38. The minimum atomic E-state index is 0.900. The molecule has 1 aliphatic rings. The molecule has 0 spiro atoms. The first-order valence-electron chi connectivity index (χ1n) is 7.65. The predicted octanol–water partition coefficient (Wildman–Crippen LogP) is 4.00. The van der Waals surface area contributed by atoms with Crippen LogP contribution in [0.5, 0.6) is 0 Å². The maximum Gasteiger partial charge on any atom is 0.142 e. The number of aryl methyl sites for hydroxylation is 1. The second kappa shape index (κ2) is 5.03. The average Bonchev–Trinajstić information content (AvgIpc) is 3.18. The van der Waals surface area contributed by atoms with Crippen LogP contribution in [0.3, 0.4) is 0 Å². The summed E-state index contributed by atoms with van der Waals surface area (Å²) >= 11 is 1.79. The Balaban J connectivity index is 1.63. The number of rotatable bonds is 2. The SMILES string of the molecule is [CH]1CCc2c(sc3ncnc(Nc4ccc5[nH]ncc5c4)c23)C1. The van der Waals surface area contributed by atoms with Gasteiger partial charge in [0.15, 0.2) is 0 Å². The van der Waals surface area contributed by atoms with E-state index in [-0.39, 0.29) is 0 Å². The van der Waals surface area contributed by atoms with Gasteiger partial charge in [-0.25, -0.2) is 9.97 Å². The van der Waals surface area contributed by atoms with Crippen molar-refractivity contribution in [2.45, 2.75) is 19.3 Å². The Hall–Kier alpha value is -2.47. The summed E-state index contributed by atoms with van der Waals surface area (Å²) in [6.07, 6.45) is 9.10. The highest BCUT2D eigenvalue weighted by atomic mass is 32.1. The Morgan fingerprint density at radius 1 is 1.22 bits per heavy atom. The molecule has 1 radical (unpaired) electrons. The molecule has 3 heterocycles. The Labute approximate surface area is 136 Å². The van der Waals surface area contributed by atoms with Crippen LogP contribution in [0, 0.1) is 6.42 Å². The number of hydrogen-bond donors (Lipinski definition) is 2.